The SMILES string of the molecule is NCCc1ccn(CC2OCCc3ccccc32)c1. The highest BCUT2D eigenvalue weighted by Gasteiger charge is 2.20. The third-order valence-corrected chi connectivity index (χ3v) is 3.71. The van der Waals surface area contributed by atoms with Crippen LogP contribution in [0, 0.1) is 0 Å². The molecular formula is C16H20N2O. The Morgan fingerprint density at radius 3 is 3.05 bits per heavy atom. The van der Waals surface area contributed by atoms with E-state index in [1.54, 1.807) is 0 Å². The summed E-state index contributed by atoms with van der Waals surface area (Å²) in [5.74, 6) is 0. The zero-order valence-corrected chi connectivity index (χ0v) is 11.1. The van der Waals surface area contributed by atoms with Gasteiger partial charge in [-0.15, -0.1) is 0 Å². The molecule has 2 heterocycles. The standard InChI is InChI=1S/C16H20N2O/c17-8-5-13-6-9-18(11-13)12-16-15-4-2-1-3-14(15)7-10-19-16/h1-4,6,9,11,16H,5,7-8,10,12,17H2. The summed E-state index contributed by atoms with van der Waals surface area (Å²) < 4.78 is 8.14. The molecule has 0 saturated carbocycles. The molecule has 0 radical (unpaired) electrons. The first-order valence-electron chi connectivity index (χ1n) is 6.91. The molecule has 2 N–H and O–H groups in total. The first kappa shape index (κ1) is 12.5. The predicted octanol–water partition coefficient (Wildman–Crippen LogP) is 2.30. The van der Waals surface area contributed by atoms with Crippen molar-refractivity contribution in [3.05, 3.63) is 59.4 Å². The van der Waals surface area contributed by atoms with Gasteiger partial charge in [-0.05, 0) is 42.1 Å². The van der Waals surface area contributed by atoms with E-state index in [2.05, 4.69) is 47.3 Å². The third-order valence-electron chi connectivity index (χ3n) is 3.71. The van der Waals surface area contributed by atoms with Gasteiger partial charge in [0.05, 0.1) is 13.2 Å². The number of benzene rings is 1. The molecule has 3 nitrogen and oxygen atoms in total. The van der Waals surface area contributed by atoms with Crippen LogP contribution in [0.3, 0.4) is 0 Å². The molecule has 1 aliphatic rings. The fourth-order valence-electron chi connectivity index (χ4n) is 2.74. The van der Waals surface area contributed by atoms with E-state index in [9.17, 15) is 0 Å². The molecule has 1 aliphatic heterocycles. The van der Waals surface area contributed by atoms with E-state index in [1.165, 1.54) is 16.7 Å². The fourth-order valence-corrected chi connectivity index (χ4v) is 2.74. The molecule has 0 fully saturated rings. The van der Waals surface area contributed by atoms with Gasteiger partial charge in [-0.1, -0.05) is 24.3 Å². The second-order valence-electron chi connectivity index (χ2n) is 5.06. The molecule has 0 spiro atoms. The molecule has 0 saturated heterocycles. The highest BCUT2D eigenvalue weighted by Crippen LogP contribution is 2.28. The number of fused-ring (bicyclic) bond motifs is 1. The molecule has 3 rings (SSSR count). The highest BCUT2D eigenvalue weighted by atomic mass is 16.5. The van der Waals surface area contributed by atoms with Gasteiger partial charge in [-0.2, -0.15) is 0 Å². The topological polar surface area (TPSA) is 40.2 Å². The van der Waals surface area contributed by atoms with Crippen molar-refractivity contribution < 1.29 is 4.74 Å². The minimum absolute atomic E-state index is 0.170. The van der Waals surface area contributed by atoms with Crippen LogP contribution < -0.4 is 5.73 Å². The maximum absolute atomic E-state index is 5.93. The van der Waals surface area contributed by atoms with Crippen molar-refractivity contribution in [3.63, 3.8) is 0 Å². The summed E-state index contributed by atoms with van der Waals surface area (Å²) >= 11 is 0. The number of aromatic nitrogens is 1. The second kappa shape index (κ2) is 5.59. The van der Waals surface area contributed by atoms with Crippen LogP contribution in [0.1, 0.15) is 22.8 Å². The fraction of sp³-hybridized carbons (Fsp3) is 0.375. The maximum Gasteiger partial charge on any atom is 0.101 e. The quantitative estimate of drug-likeness (QED) is 0.912. The smallest absolute Gasteiger partial charge is 0.101 e. The van der Waals surface area contributed by atoms with Gasteiger partial charge in [0.1, 0.15) is 6.10 Å². The highest BCUT2D eigenvalue weighted by molar-refractivity contribution is 5.31. The van der Waals surface area contributed by atoms with Crippen LogP contribution in [0.15, 0.2) is 42.7 Å². The summed E-state index contributed by atoms with van der Waals surface area (Å²) in [5, 5.41) is 0. The monoisotopic (exact) mass is 256 g/mol. The predicted molar refractivity (Wildman–Crippen MR) is 76.0 cm³/mol. The van der Waals surface area contributed by atoms with Gasteiger partial charge in [-0.25, -0.2) is 0 Å². The molecule has 0 bridgehead atoms. The Morgan fingerprint density at radius 1 is 1.26 bits per heavy atom. The number of rotatable bonds is 4. The number of hydrogen-bond donors (Lipinski definition) is 1. The molecule has 0 amide bonds. The van der Waals surface area contributed by atoms with Gasteiger partial charge in [0.15, 0.2) is 0 Å². The first-order valence-corrected chi connectivity index (χ1v) is 6.91. The van der Waals surface area contributed by atoms with E-state index in [4.69, 9.17) is 10.5 Å². The van der Waals surface area contributed by atoms with Gasteiger partial charge in [-0.3, -0.25) is 0 Å². The summed E-state index contributed by atoms with van der Waals surface area (Å²) in [6.07, 6.45) is 6.42. The lowest BCUT2D eigenvalue weighted by Gasteiger charge is -2.26. The summed E-state index contributed by atoms with van der Waals surface area (Å²) in [5.41, 5.74) is 9.64. The molecule has 1 aromatic carbocycles. The molecule has 0 aliphatic carbocycles. The number of nitrogens with two attached hydrogens (primary N) is 1. The van der Waals surface area contributed by atoms with Crippen LogP contribution in [-0.2, 0) is 24.1 Å². The van der Waals surface area contributed by atoms with E-state index in [0.717, 1.165) is 26.0 Å². The molecule has 1 aromatic heterocycles. The minimum atomic E-state index is 0.170. The second-order valence-corrected chi connectivity index (χ2v) is 5.06. The van der Waals surface area contributed by atoms with E-state index in [-0.39, 0.29) is 6.10 Å². The average molecular weight is 256 g/mol. The summed E-state index contributed by atoms with van der Waals surface area (Å²) in [6.45, 7) is 2.40. The van der Waals surface area contributed by atoms with E-state index in [1.807, 2.05) is 0 Å². The normalized spacial score (nSPS) is 18.3. The number of nitrogens with zero attached hydrogens (tertiary/aromatic N) is 1. The molecular weight excluding hydrogens is 236 g/mol. The van der Waals surface area contributed by atoms with E-state index < -0.39 is 0 Å². The van der Waals surface area contributed by atoms with E-state index >= 15 is 0 Å². The lowest BCUT2D eigenvalue weighted by molar-refractivity contribution is 0.0307. The van der Waals surface area contributed by atoms with Crippen molar-refractivity contribution in [1.29, 1.82) is 0 Å². The minimum Gasteiger partial charge on any atom is -0.371 e. The van der Waals surface area contributed by atoms with Crippen molar-refractivity contribution in [2.24, 2.45) is 5.73 Å². The Labute approximate surface area is 114 Å². The molecule has 19 heavy (non-hydrogen) atoms. The van der Waals surface area contributed by atoms with Crippen LogP contribution in [0.25, 0.3) is 0 Å². The van der Waals surface area contributed by atoms with Crippen molar-refractivity contribution in [2.45, 2.75) is 25.5 Å². The average Bonchev–Trinajstić information content (AvgIpc) is 2.87. The third kappa shape index (κ3) is 2.72. The van der Waals surface area contributed by atoms with Crippen LogP contribution in [0.5, 0.6) is 0 Å². The Kier molecular flexibility index (Phi) is 3.67. The first-order chi connectivity index (χ1) is 9.36. The summed E-state index contributed by atoms with van der Waals surface area (Å²) in [6, 6.07) is 10.7. The zero-order valence-electron chi connectivity index (χ0n) is 11.1. The summed E-state index contributed by atoms with van der Waals surface area (Å²) in [7, 11) is 0. The maximum atomic E-state index is 5.93. The lowest BCUT2D eigenvalue weighted by atomic mass is 9.97. The van der Waals surface area contributed by atoms with Crippen molar-refractivity contribution >= 4 is 0 Å². The van der Waals surface area contributed by atoms with Gasteiger partial charge in [0.25, 0.3) is 0 Å². The van der Waals surface area contributed by atoms with Gasteiger partial charge in [0, 0.05) is 12.4 Å². The molecule has 1 unspecified atom stereocenters. The molecule has 1 atom stereocenters. The molecule has 2 aromatic rings. The Bertz CT molecular complexity index is 547. The Morgan fingerprint density at radius 2 is 2.16 bits per heavy atom. The van der Waals surface area contributed by atoms with Gasteiger partial charge >= 0.3 is 0 Å². The summed E-state index contributed by atoms with van der Waals surface area (Å²) in [4.78, 5) is 0. The van der Waals surface area contributed by atoms with Gasteiger partial charge < -0.3 is 15.0 Å². The largest absolute Gasteiger partial charge is 0.371 e. The van der Waals surface area contributed by atoms with Crippen molar-refractivity contribution in [2.75, 3.05) is 13.2 Å². The van der Waals surface area contributed by atoms with Crippen LogP contribution >= 0.6 is 0 Å². The van der Waals surface area contributed by atoms with Crippen molar-refractivity contribution in [1.82, 2.24) is 4.57 Å². The number of hydrogen-bond acceptors (Lipinski definition) is 2. The Balaban J connectivity index is 1.76. The molecule has 100 valence electrons. The van der Waals surface area contributed by atoms with Crippen molar-refractivity contribution in [3.8, 4) is 0 Å². The van der Waals surface area contributed by atoms with Gasteiger partial charge in [0.2, 0.25) is 0 Å². The molecule has 3 heteroatoms. The van der Waals surface area contributed by atoms with Crippen LogP contribution in [-0.4, -0.2) is 17.7 Å². The zero-order chi connectivity index (χ0) is 13.1. The number of ether oxygens (including phenoxy) is 1. The van der Waals surface area contributed by atoms with Crippen LogP contribution in [0.2, 0.25) is 0 Å². The van der Waals surface area contributed by atoms with Crippen LogP contribution in [0.4, 0.5) is 0 Å². The van der Waals surface area contributed by atoms with E-state index in [0.29, 0.717) is 6.54 Å². The Hall–Kier alpha value is -1.58. The lowest BCUT2D eigenvalue weighted by Crippen LogP contribution is -2.20.